The van der Waals surface area contributed by atoms with Gasteiger partial charge in [-0.3, -0.25) is 4.79 Å². The number of para-hydroxylation sites is 1. The molecular formula is C22H28N3O2+. The number of methoxy groups -OCH3 is 1. The summed E-state index contributed by atoms with van der Waals surface area (Å²) >= 11 is 0. The van der Waals surface area contributed by atoms with Crippen LogP contribution in [-0.2, 0) is 4.79 Å². The Morgan fingerprint density at radius 2 is 1.93 bits per heavy atom. The molecule has 2 atom stereocenters. The maximum Gasteiger partial charge on any atom is 0.277 e. The number of carbonyl (C=O) groups excluding carboxylic acids is 1. The SMILES string of the molecule is CCNC(=O)[C@@H](C)[NH2+]C[C@@H](c1ccc(OC)cc1)c1c[nH]c2ccccc12. The molecule has 0 spiro atoms. The Balaban J connectivity index is 1.90. The molecule has 142 valence electrons. The molecule has 5 heteroatoms. The van der Waals surface area contributed by atoms with Crippen LogP contribution in [0.3, 0.4) is 0 Å². The molecule has 4 N–H and O–H groups in total. The van der Waals surface area contributed by atoms with Gasteiger partial charge < -0.3 is 20.4 Å². The molecule has 0 fully saturated rings. The van der Waals surface area contributed by atoms with Crippen molar-refractivity contribution >= 4 is 16.8 Å². The second kappa shape index (κ2) is 8.73. The Bertz CT molecular complexity index is 886. The number of hydrogen-bond acceptors (Lipinski definition) is 2. The van der Waals surface area contributed by atoms with Crippen molar-refractivity contribution in [3.05, 3.63) is 65.9 Å². The van der Waals surface area contributed by atoms with Crippen molar-refractivity contribution in [2.75, 3.05) is 20.2 Å². The van der Waals surface area contributed by atoms with Crippen molar-refractivity contribution < 1.29 is 14.8 Å². The largest absolute Gasteiger partial charge is 0.497 e. The lowest BCUT2D eigenvalue weighted by Crippen LogP contribution is -2.92. The van der Waals surface area contributed by atoms with E-state index in [9.17, 15) is 4.79 Å². The Kier molecular flexibility index (Phi) is 6.14. The summed E-state index contributed by atoms with van der Waals surface area (Å²) in [6, 6.07) is 16.4. The summed E-state index contributed by atoms with van der Waals surface area (Å²) in [6.45, 7) is 5.33. The number of benzene rings is 2. The molecule has 5 nitrogen and oxygen atoms in total. The highest BCUT2D eigenvalue weighted by molar-refractivity contribution is 5.84. The van der Waals surface area contributed by atoms with Crippen LogP contribution < -0.4 is 15.4 Å². The minimum atomic E-state index is -0.129. The van der Waals surface area contributed by atoms with Gasteiger partial charge in [0.05, 0.1) is 19.6 Å². The van der Waals surface area contributed by atoms with Crippen molar-refractivity contribution in [1.82, 2.24) is 10.3 Å². The first-order valence-electron chi connectivity index (χ1n) is 9.45. The van der Waals surface area contributed by atoms with E-state index in [0.29, 0.717) is 6.54 Å². The number of nitrogens with two attached hydrogens (primary N) is 1. The Labute approximate surface area is 160 Å². The zero-order valence-electron chi connectivity index (χ0n) is 16.2. The summed E-state index contributed by atoms with van der Waals surface area (Å²) in [4.78, 5) is 15.5. The van der Waals surface area contributed by atoms with Crippen LogP contribution in [0.2, 0.25) is 0 Å². The third kappa shape index (κ3) is 4.31. The van der Waals surface area contributed by atoms with Crippen molar-refractivity contribution in [3.8, 4) is 5.75 Å². The second-order valence-electron chi connectivity index (χ2n) is 6.77. The summed E-state index contributed by atoms with van der Waals surface area (Å²) in [6.07, 6.45) is 2.09. The fraction of sp³-hybridized carbons (Fsp3) is 0.318. The normalized spacial score (nSPS) is 13.3. The molecular weight excluding hydrogens is 338 g/mol. The van der Waals surface area contributed by atoms with Gasteiger partial charge in [-0.1, -0.05) is 30.3 Å². The second-order valence-corrected chi connectivity index (χ2v) is 6.77. The number of aromatic amines is 1. The molecule has 0 aliphatic heterocycles. The molecule has 3 aromatic rings. The van der Waals surface area contributed by atoms with Gasteiger partial charge in [0, 0.05) is 23.6 Å². The number of H-pyrrole nitrogens is 1. The molecule has 1 amide bonds. The number of amides is 1. The third-order valence-electron chi connectivity index (χ3n) is 5.00. The van der Waals surface area contributed by atoms with Crippen LogP contribution in [0.4, 0.5) is 0 Å². The average molecular weight is 366 g/mol. The van der Waals surface area contributed by atoms with Gasteiger partial charge in [-0.25, -0.2) is 0 Å². The van der Waals surface area contributed by atoms with E-state index < -0.39 is 0 Å². The maximum atomic E-state index is 12.1. The number of quaternary nitrogens is 1. The van der Waals surface area contributed by atoms with Crippen LogP contribution in [-0.4, -0.2) is 37.1 Å². The van der Waals surface area contributed by atoms with Gasteiger partial charge in [0.25, 0.3) is 5.91 Å². The van der Waals surface area contributed by atoms with Gasteiger partial charge >= 0.3 is 0 Å². The highest BCUT2D eigenvalue weighted by Crippen LogP contribution is 2.30. The Morgan fingerprint density at radius 1 is 1.19 bits per heavy atom. The minimum Gasteiger partial charge on any atom is -0.497 e. The van der Waals surface area contributed by atoms with Crippen molar-refractivity contribution in [1.29, 1.82) is 0 Å². The predicted octanol–water partition coefficient (Wildman–Crippen LogP) is 2.40. The van der Waals surface area contributed by atoms with E-state index in [4.69, 9.17) is 4.74 Å². The fourth-order valence-electron chi connectivity index (χ4n) is 3.44. The van der Waals surface area contributed by atoms with Gasteiger partial charge in [0.1, 0.15) is 5.75 Å². The Hall–Kier alpha value is -2.79. The molecule has 0 aliphatic carbocycles. The number of ether oxygens (including phenoxy) is 1. The van der Waals surface area contributed by atoms with Gasteiger partial charge in [-0.15, -0.1) is 0 Å². The highest BCUT2D eigenvalue weighted by atomic mass is 16.5. The molecule has 1 heterocycles. The van der Waals surface area contributed by atoms with Gasteiger partial charge in [0.15, 0.2) is 6.04 Å². The molecule has 2 aromatic carbocycles. The molecule has 0 radical (unpaired) electrons. The number of carbonyl (C=O) groups is 1. The fourth-order valence-corrected chi connectivity index (χ4v) is 3.44. The van der Waals surface area contributed by atoms with Crippen molar-refractivity contribution in [3.63, 3.8) is 0 Å². The average Bonchev–Trinajstić information content (AvgIpc) is 3.12. The van der Waals surface area contributed by atoms with E-state index in [0.717, 1.165) is 17.8 Å². The summed E-state index contributed by atoms with van der Waals surface area (Å²) in [5.41, 5.74) is 3.58. The lowest BCUT2D eigenvalue weighted by molar-refractivity contribution is -0.674. The topological polar surface area (TPSA) is 70.7 Å². The molecule has 0 aliphatic rings. The van der Waals surface area contributed by atoms with Crippen molar-refractivity contribution in [2.24, 2.45) is 0 Å². The monoisotopic (exact) mass is 366 g/mol. The zero-order valence-corrected chi connectivity index (χ0v) is 16.2. The first kappa shape index (κ1) is 19.0. The van der Waals surface area contributed by atoms with E-state index in [1.807, 2.05) is 32.0 Å². The van der Waals surface area contributed by atoms with E-state index in [1.54, 1.807) is 7.11 Å². The number of likely N-dealkylation sites (N-methyl/N-ethyl adjacent to an activating group) is 1. The summed E-state index contributed by atoms with van der Waals surface area (Å²) in [7, 11) is 1.67. The smallest absolute Gasteiger partial charge is 0.277 e. The molecule has 0 bridgehead atoms. The molecule has 27 heavy (non-hydrogen) atoms. The highest BCUT2D eigenvalue weighted by Gasteiger charge is 2.23. The van der Waals surface area contributed by atoms with E-state index >= 15 is 0 Å². The quantitative estimate of drug-likeness (QED) is 0.573. The van der Waals surface area contributed by atoms with E-state index in [2.05, 4.69) is 52.1 Å². The number of fused-ring (bicyclic) bond motifs is 1. The first-order valence-corrected chi connectivity index (χ1v) is 9.45. The maximum absolute atomic E-state index is 12.1. The Morgan fingerprint density at radius 3 is 2.63 bits per heavy atom. The van der Waals surface area contributed by atoms with Crippen molar-refractivity contribution in [2.45, 2.75) is 25.8 Å². The van der Waals surface area contributed by atoms with Crippen LogP contribution in [0, 0.1) is 0 Å². The summed E-state index contributed by atoms with van der Waals surface area (Å²) in [5.74, 6) is 1.09. The number of rotatable bonds is 8. The van der Waals surface area contributed by atoms with Crippen LogP contribution in [0.15, 0.2) is 54.7 Å². The van der Waals surface area contributed by atoms with Gasteiger partial charge in [-0.2, -0.15) is 0 Å². The van der Waals surface area contributed by atoms with Crippen LogP contribution in [0.1, 0.15) is 30.9 Å². The molecule has 0 saturated carbocycles. The molecule has 0 saturated heterocycles. The lowest BCUT2D eigenvalue weighted by atomic mass is 9.90. The van der Waals surface area contributed by atoms with E-state index in [-0.39, 0.29) is 17.9 Å². The third-order valence-corrected chi connectivity index (χ3v) is 5.00. The molecule has 0 unspecified atom stereocenters. The number of hydrogen-bond donors (Lipinski definition) is 3. The number of nitrogens with one attached hydrogen (secondary N) is 2. The number of aromatic nitrogens is 1. The van der Waals surface area contributed by atoms with Crippen LogP contribution in [0.5, 0.6) is 5.75 Å². The minimum absolute atomic E-state index is 0.0740. The first-order chi connectivity index (χ1) is 13.1. The molecule has 3 rings (SSSR count). The standard InChI is InChI=1S/C22H27N3O2/c1-4-23-22(26)15(2)24-13-19(16-9-11-17(27-3)12-10-16)20-14-25-21-8-6-5-7-18(20)21/h5-12,14-15,19,24-25H,4,13H2,1-3H3,(H,23,26)/p+1/t15-,19+/m1/s1. The van der Waals surface area contributed by atoms with Crippen LogP contribution in [0.25, 0.3) is 10.9 Å². The zero-order chi connectivity index (χ0) is 19.2. The van der Waals surface area contributed by atoms with Gasteiger partial charge in [0.2, 0.25) is 0 Å². The molecule has 1 aromatic heterocycles. The van der Waals surface area contributed by atoms with Gasteiger partial charge in [-0.05, 0) is 43.2 Å². The van der Waals surface area contributed by atoms with E-state index in [1.165, 1.54) is 16.5 Å². The predicted molar refractivity (Wildman–Crippen MR) is 108 cm³/mol. The summed E-state index contributed by atoms with van der Waals surface area (Å²) in [5, 5.41) is 6.23. The lowest BCUT2D eigenvalue weighted by Gasteiger charge is -2.19. The van der Waals surface area contributed by atoms with Crippen LogP contribution >= 0.6 is 0 Å². The summed E-state index contributed by atoms with van der Waals surface area (Å²) < 4.78 is 5.30.